The fourth-order valence-corrected chi connectivity index (χ4v) is 5.80. The molecule has 0 spiro atoms. The van der Waals surface area contributed by atoms with Crippen LogP contribution in [0.2, 0.25) is 0 Å². The molecule has 166 valence electrons. The summed E-state index contributed by atoms with van der Waals surface area (Å²) in [5.41, 5.74) is 4.11. The van der Waals surface area contributed by atoms with E-state index in [9.17, 15) is 9.59 Å². The average Bonchev–Trinajstić information content (AvgIpc) is 3.29. The number of thiophene rings is 1. The third kappa shape index (κ3) is 4.62. The highest BCUT2D eigenvalue weighted by atomic mass is 32.1. The Morgan fingerprint density at radius 3 is 2.52 bits per heavy atom. The van der Waals surface area contributed by atoms with Crippen LogP contribution in [0, 0.1) is 0 Å². The molecule has 1 saturated heterocycles. The van der Waals surface area contributed by atoms with Crippen LogP contribution in [0.3, 0.4) is 0 Å². The molecule has 0 unspecified atom stereocenters. The normalized spacial score (nSPS) is 16.2. The van der Waals surface area contributed by atoms with Gasteiger partial charge in [0.05, 0.1) is 12.2 Å². The van der Waals surface area contributed by atoms with Gasteiger partial charge < -0.3 is 14.5 Å². The van der Waals surface area contributed by atoms with E-state index in [1.54, 1.807) is 16.2 Å². The monoisotopic (exact) mass is 441 g/mol. The Labute approximate surface area is 188 Å². The molecule has 2 amide bonds. The molecule has 0 N–H and O–H groups in total. The topological polar surface area (TPSA) is 53.1 Å². The lowest BCUT2D eigenvalue weighted by Gasteiger charge is -2.19. The summed E-state index contributed by atoms with van der Waals surface area (Å²) in [6.45, 7) is 4.90. The van der Waals surface area contributed by atoms with Gasteiger partial charge in [0, 0.05) is 31.1 Å². The Hall–Kier alpha value is -2.38. The predicted octanol–water partition coefficient (Wildman–Crippen LogP) is 4.31. The number of benzene rings is 1. The highest BCUT2D eigenvalue weighted by Gasteiger charge is 2.36. The van der Waals surface area contributed by atoms with Crippen LogP contribution in [-0.4, -0.2) is 55.6 Å². The number of ether oxygens (including phenoxy) is 1. The summed E-state index contributed by atoms with van der Waals surface area (Å²) in [5.74, 6) is -0.292. The van der Waals surface area contributed by atoms with Crippen molar-refractivity contribution in [1.29, 1.82) is 0 Å². The van der Waals surface area contributed by atoms with Crippen LogP contribution in [0.25, 0.3) is 0 Å². The molecular formula is C24H31N3O3S. The largest absolute Gasteiger partial charge is 0.462 e. The fraction of sp³-hybridized carbons (Fsp3) is 0.500. The summed E-state index contributed by atoms with van der Waals surface area (Å²) < 4.78 is 5.36. The Bertz CT molecular complexity index is 952. The van der Waals surface area contributed by atoms with Crippen molar-refractivity contribution in [2.75, 3.05) is 38.7 Å². The van der Waals surface area contributed by atoms with Crippen molar-refractivity contribution in [1.82, 2.24) is 9.80 Å². The summed E-state index contributed by atoms with van der Waals surface area (Å²) in [6, 6.07) is 8.42. The molecule has 0 atom stereocenters. The fourth-order valence-electron chi connectivity index (χ4n) is 4.41. The zero-order valence-electron chi connectivity index (χ0n) is 18.6. The van der Waals surface area contributed by atoms with Crippen molar-refractivity contribution in [3.63, 3.8) is 0 Å². The van der Waals surface area contributed by atoms with Gasteiger partial charge in [0.2, 0.25) is 0 Å². The molecule has 4 rings (SSSR count). The zero-order chi connectivity index (χ0) is 22.0. The van der Waals surface area contributed by atoms with Crippen molar-refractivity contribution in [3.8, 4) is 0 Å². The van der Waals surface area contributed by atoms with Crippen molar-refractivity contribution in [2.24, 2.45) is 0 Å². The van der Waals surface area contributed by atoms with Gasteiger partial charge in [0.25, 0.3) is 0 Å². The van der Waals surface area contributed by atoms with E-state index in [2.05, 4.69) is 43.3 Å². The maximum absolute atomic E-state index is 13.3. The first-order valence-electron chi connectivity index (χ1n) is 11.1. The second-order valence-corrected chi connectivity index (χ2v) is 9.61. The summed E-state index contributed by atoms with van der Waals surface area (Å²) in [4.78, 5) is 33.1. The number of aryl methyl sites for hydroxylation is 1. The Kier molecular flexibility index (Phi) is 6.62. The Morgan fingerprint density at radius 2 is 1.81 bits per heavy atom. The van der Waals surface area contributed by atoms with Gasteiger partial charge in [-0.2, -0.15) is 0 Å². The van der Waals surface area contributed by atoms with Gasteiger partial charge in [0.15, 0.2) is 0 Å². The molecule has 1 aromatic carbocycles. The second-order valence-electron chi connectivity index (χ2n) is 8.52. The number of nitrogens with zero attached hydrogens (tertiary/aromatic N) is 3. The van der Waals surface area contributed by atoms with Gasteiger partial charge in [-0.25, -0.2) is 9.59 Å². The molecule has 7 heteroatoms. The molecule has 1 aliphatic carbocycles. The molecule has 1 aliphatic heterocycles. The highest BCUT2D eigenvalue weighted by Crippen LogP contribution is 2.41. The van der Waals surface area contributed by atoms with Gasteiger partial charge in [-0.1, -0.05) is 24.3 Å². The van der Waals surface area contributed by atoms with Crippen LogP contribution in [0.1, 0.15) is 51.7 Å². The van der Waals surface area contributed by atoms with E-state index in [4.69, 9.17) is 4.74 Å². The number of amides is 2. The molecule has 0 radical (unpaired) electrons. The van der Waals surface area contributed by atoms with Crippen LogP contribution < -0.4 is 4.90 Å². The number of anilines is 1. The van der Waals surface area contributed by atoms with E-state index < -0.39 is 0 Å². The Balaban J connectivity index is 1.52. The molecule has 2 heterocycles. The van der Waals surface area contributed by atoms with Crippen LogP contribution in [0.4, 0.5) is 9.80 Å². The first-order chi connectivity index (χ1) is 15.0. The first kappa shape index (κ1) is 21.8. The smallest absolute Gasteiger partial charge is 0.341 e. The lowest BCUT2D eigenvalue weighted by Crippen LogP contribution is -2.32. The van der Waals surface area contributed by atoms with Crippen molar-refractivity contribution < 1.29 is 14.3 Å². The van der Waals surface area contributed by atoms with Gasteiger partial charge in [-0.15, -0.1) is 11.3 Å². The maximum Gasteiger partial charge on any atom is 0.341 e. The third-order valence-electron chi connectivity index (χ3n) is 5.87. The standard InChI is InChI=1S/C24H31N3O3S/c1-4-30-23(28)21-19-7-5-6-8-20(19)31-22(21)27-14-13-26(24(27)29)16-18-11-9-17(10-12-18)15-25(2)3/h9-12H,4-8,13-16H2,1-3H3. The van der Waals surface area contributed by atoms with Gasteiger partial charge >= 0.3 is 12.0 Å². The molecule has 0 bridgehead atoms. The zero-order valence-corrected chi connectivity index (χ0v) is 19.5. The van der Waals surface area contributed by atoms with E-state index in [0.29, 0.717) is 31.8 Å². The minimum atomic E-state index is -0.292. The van der Waals surface area contributed by atoms with Gasteiger partial charge in [-0.3, -0.25) is 4.90 Å². The molecule has 0 saturated carbocycles. The van der Waals surface area contributed by atoms with Crippen molar-refractivity contribution in [2.45, 2.75) is 45.7 Å². The number of carbonyl (C=O) groups is 2. The SMILES string of the molecule is CCOC(=O)c1c(N2CCN(Cc3ccc(CN(C)C)cc3)C2=O)sc2c1CCCC2. The van der Waals surface area contributed by atoms with E-state index in [-0.39, 0.29) is 12.0 Å². The molecule has 2 aliphatic rings. The van der Waals surface area contributed by atoms with Crippen LogP contribution in [0.5, 0.6) is 0 Å². The summed E-state index contributed by atoms with van der Waals surface area (Å²) in [7, 11) is 4.11. The number of hydrogen-bond donors (Lipinski definition) is 0. The highest BCUT2D eigenvalue weighted by molar-refractivity contribution is 7.17. The summed E-state index contributed by atoms with van der Waals surface area (Å²) in [5, 5.41) is 0.777. The molecule has 6 nitrogen and oxygen atoms in total. The number of urea groups is 1. The summed E-state index contributed by atoms with van der Waals surface area (Å²) >= 11 is 1.61. The average molecular weight is 442 g/mol. The van der Waals surface area contributed by atoms with Crippen molar-refractivity contribution >= 4 is 28.3 Å². The number of esters is 1. The number of hydrogen-bond acceptors (Lipinski definition) is 5. The molecular weight excluding hydrogens is 410 g/mol. The van der Waals surface area contributed by atoms with Crippen LogP contribution >= 0.6 is 11.3 Å². The second kappa shape index (κ2) is 9.40. The minimum Gasteiger partial charge on any atom is -0.462 e. The predicted molar refractivity (Wildman–Crippen MR) is 124 cm³/mol. The number of rotatable bonds is 7. The Morgan fingerprint density at radius 1 is 1.10 bits per heavy atom. The minimum absolute atomic E-state index is 0.0264. The van der Waals surface area contributed by atoms with Crippen LogP contribution in [0.15, 0.2) is 24.3 Å². The molecule has 31 heavy (non-hydrogen) atoms. The lowest BCUT2D eigenvalue weighted by molar-refractivity contribution is 0.0526. The molecule has 1 fully saturated rings. The maximum atomic E-state index is 13.3. The first-order valence-corrected chi connectivity index (χ1v) is 11.9. The van der Waals surface area contributed by atoms with E-state index in [1.165, 1.54) is 10.4 Å². The van der Waals surface area contributed by atoms with Crippen LogP contribution in [-0.2, 0) is 30.7 Å². The summed E-state index contributed by atoms with van der Waals surface area (Å²) in [6.07, 6.45) is 4.10. The lowest BCUT2D eigenvalue weighted by atomic mass is 9.95. The van der Waals surface area contributed by atoms with E-state index >= 15 is 0 Å². The van der Waals surface area contributed by atoms with Crippen molar-refractivity contribution in [3.05, 3.63) is 51.4 Å². The molecule has 2 aromatic rings. The van der Waals surface area contributed by atoms with Gasteiger partial charge in [-0.05, 0) is 63.4 Å². The van der Waals surface area contributed by atoms with E-state index in [0.717, 1.165) is 48.4 Å². The van der Waals surface area contributed by atoms with Gasteiger partial charge in [0.1, 0.15) is 5.00 Å². The van der Waals surface area contributed by atoms with E-state index in [1.807, 2.05) is 11.8 Å². The number of fused-ring (bicyclic) bond motifs is 1. The number of carbonyl (C=O) groups excluding carboxylic acids is 2. The molecule has 1 aromatic heterocycles. The third-order valence-corrected chi connectivity index (χ3v) is 7.18. The quantitative estimate of drug-likeness (QED) is 0.601.